The summed E-state index contributed by atoms with van der Waals surface area (Å²) < 4.78 is 0. The van der Waals surface area contributed by atoms with Crippen molar-refractivity contribution in [1.29, 1.82) is 0 Å². The van der Waals surface area contributed by atoms with Crippen LogP contribution < -0.4 is 11.1 Å². The van der Waals surface area contributed by atoms with E-state index in [1.54, 1.807) is 18.3 Å². The smallest absolute Gasteiger partial charge is 0.236 e. The number of aromatic nitrogens is 1. The third-order valence-electron chi connectivity index (χ3n) is 2.20. The number of thiazole rings is 1. The molecular weight excluding hydrogens is 258 g/mol. The average Bonchev–Trinajstić information content (AvgIpc) is 2.63. The van der Waals surface area contributed by atoms with Crippen LogP contribution in [0.1, 0.15) is 30.5 Å². The molecule has 1 aromatic rings. The van der Waals surface area contributed by atoms with Gasteiger partial charge >= 0.3 is 0 Å². The number of nitrogens with one attached hydrogen (secondary N) is 1. The zero-order chi connectivity index (χ0) is 12.0. The molecule has 0 saturated carbocycles. The molecule has 0 bridgehead atoms. The van der Waals surface area contributed by atoms with Crippen molar-refractivity contribution in [1.82, 2.24) is 10.3 Å². The van der Waals surface area contributed by atoms with Gasteiger partial charge < -0.3 is 11.1 Å². The first-order valence-corrected chi connectivity index (χ1v) is 6.42. The van der Waals surface area contributed by atoms with Gasteiger partial charge in [-0.25, -0.2) is 4.98 Å². The molecule has 0 radical (unpaired) electrons. The summed E-state index contributed by atoms with van der Waals surface area (Å²) in [6.45, 7) is 4.39. The predicted molar refractivity (Wildman–Crippen MR) is 73.7 cm³/mol. The maximum Gasteiger partial charge on any atom is 0.236 e. The molecular formula is C11H20ClN3OS. The van der Waals surface area contributed by atoms with Gasteiger partial charge in [-0.1, -0.05) is 0 Å². The molecule has 0 aliphatic carbocycles. The highest BCUT2D eigenvalue weighted by atomic mass is 35.5. The van der Waals surface area contributed by atoms with Crippen molar-refractivity contribution in [2.75, 3.05) is 6.54 Å². The number of nitrogens with zero attached hydrogens (tertiary/aromatic N) is 1. The zero-order valence-corrected chi connectivity index (χ0v) is 11.9. The molecule has 0 spiro atoms. The van der Waals surface area contributed by atoms with E-state index in [1.165, 1.54) is 5.01 Å². The highest BCUT2D eigenvalue weighted by Crippen LogP contribution is 2.11. The van der Waals surface area contributed by atoms with Gasteiger partial charge in [0.1, 0.15) is 0 Å². The summed E-state index contributed by atoms with van der Waals surface area (Å²) in [6, 6.07) is -0.415. The van der Waals surface area contributed by atoms with E-state index in [9.17, 15) is 4.79 Å². The van der Waals surface area contributed by atoms with Crippen LogP contribution in [0.25, 0.3) is 0 Å². The number of amides is 1. The SMILES string of the molecule is Cc1csc(CCCCNC(=O)C(C)N)n1.Cl. The highest BCUT2D eigenvalue weighted by Gasteiger charge is 2.05. The monoisotopic (exact) mass is 277 g/mol. The van der Waals surface area contributed by atoms with E-state index in [1.807, 2.05) is 6.92 Å². The first-order valence-electron chi connectivity index (χ1n) is 5.54. The third kappa shape index (κ3) is 6.61. The van der Waals surface area contributed by atoms with Gasteiger partial charge in [0.05, 0.1) is 11.0 Å². The van der Waals surface area contributed by atoms with Crippen molar-refractivity contribution in [3.05, 3.63) is 16.1 Å². The lowest BCUT2D eigenvalue weighted by Crippen LogP contribution is -2.38. The Bertz CT molecular complexity index is 341. The van der Waals surface area contributed by atoms with E-state index in [0.717, 1.165) is 25.0 Å². The molecule has 1 unspecified atom stereocenters. The Morgan fingerprint density at radius 2 is 2.29 bits per heavy atom. The van der Waals surface area contributed by atoms with Gasteiger partial charge in [-0.05, 0) is 33.1 Å². The van der Waals surface area contributed by atoms with Crippen molar-refractivity contribution >= 4 is 29.7 Å². The standard InChI is InChI=1S/C11H19N3OS.ClH/c1-8-7-16-10(14-8)5-3-4-6-13-11(15)9(2)12;/h7,9H,3-6,12H2,1-2H3,(H,13,15);1H. The Hall–Kier alpha value is -0.650. The molecule has 17 heavy (non-hydrogen) atoms. The average molecular weight is 278 g/mol. The Morgan fingerprint density at radius 1 is 1.59 bits per heavy atom. The van der Waals surface area contributed by atoms with Crippen LogP contribution in [-0.2, 0) is 11.2 Å². The summed E-state index contributed by atoms with van der Waals surface area (Å²) in [5.41, 5.74) is 6.51. The minimum Gasteiger partial charge on any atom is -0.355 e. The van der Waals surface area contributed by atoms with Gasteiger partial charge in [0.15, 0.2) is 0 Å². The van der Waals surface area contributed by atoms with E-state index in [2.05, 4.69) is 15.7 Å². The van der Waals surface area contributed by atoms with Crippen molar-refractivity contribution < 1.29 is 4.79 Å². The second kappa shape index (κ2) is 8.44. The van der Waals surface area contributed by atoms with Gasteiger partial charge in [-0.3, -0.25) is 4.79 Å². The molecule has 1 heterocycles. The normalized spacial score (nSPS) is 11.7. The molecule has 4 nitrogen and oxygen atoms in total. The summed E-state index contributed by atoms with van der Waals surface area (Å²) >= 11 is 1.70. The second-order valence-corrected chi connectivity index (χ2v) is 4.86. The van der Waals surface area contributed by atoms with E-state index in [0.29, 0.717) is 6.54 Å². The first-order chi connectivity index (χ1) is 7.59. The fraction of sp³-hybridized carbons (Fsp3) is 0.636. The molecule has 98 valence electrons. The largest absolute Gasteiger partial charge is 0.355 e. The maximum atomic E-state index is 11.1. The van der Waals surface area contributed by atoms with E-state index in [4.69, 9.17) is 5.73 Å². The molecule has 6 heteroatoms. The Labute approximate surface area is 112 Å². The molecule has 0 aromatic carbocycles. The van der Waals surface area contributed by atoms with Crippen LogP contribution >= 0.6 is 23.7 Å². The lowest BCUT2D eigenvalue weighted by molar-refractivity contribution is -0.121. The maximum absolute atomic E-state index is 11.1. The highest BCUT2D eigenvalue weighted by molar-refractivity contribution is 7.09. The summed E-state index contributed by atoms with van der Waals surface area (Å²) in [4.78, 5) is 15.5. The molecule has 0 saturated heterocycles. The van der Waals surface area contributed by atoms with Crippen molar-refractivity contribution in [2.24, 2.45) is 5.73 Å². The minimum absolute atomic E-state index is 0. The molecule has 1 rings (SSSR count). The summed E-state index contributed by atoms with van der Waals surface area (Å²) in [7, 11) is 0. The van der Waals surface area contributed by atoms with Crippen LogP contribution in [0.15, 0.2) is 5.38 Å². The van der Waals surface area contributed by atoms with Crippen molar-refractivity contribution in [2.45, 2.75) is 39.2 Å². The Morgan fingerprint density at radius 3 is 2.82 bits per heavy atom. The number of carbonyl (C=O) groups is 1. The minimum atomic E-state index is -0.415. The first kappa shape index (κ1) is 16.4. The lowest BCUT2D eigenvalue weighted by Gasteiger charge is -2.06. The van der Waals surface area contributed by atoms with Gasteiger partial charge in [0.2, 0.25) is 5.91 Å². The van der Waals surface area contributed by atoms with Crippen LogP contribution in [0.4, 0.5) is 0 Å². The van der Waals surface area contributed by atoms with Gasteiger partial charge in [-0.15, -0.1) is 23.7 Å². The summed E-state index contributed by atoms with van der Waals surface area (Å²) in [5.74, 6) is -0.0786. The molecule has 0 aliphatic rings. The van der Waals surface area contributed by atoms with Crippen LogP contribution in [0.3, 0.4) is 0 Å². The number of hydrogen-bond donors (Lipinski definition) is 2. The van der Waals surface area contributed by atoms with Crippen molar-refractivity contribution in [3.8, 4) is 0 Å². The summed E-state index contributed by atoms with van der Waals surface area (Å²) in [6.07, 6.45) is 3.01. The second-order valence-electron chi connectivity index (χ2n) is 3.92. The zero-order valence-electron chi connectivity index (χ0n) is 10.2. The van der Waals surface area contributed by atoms with Gasteiger partial charge in [0, 0.05) is 17.6 Å². The van der Waals surface area contributed by atoms with Gasteiger partial charge in [0.25, 0.3) is 0 Å². The third-order valence-corrected chi connectivity index (χ3v) is 3.22. The molecule has 0 fully saturated rings. The topological polar surface area (TPSA) is 68.0 Å². The van der Waals surface area contributed by atoms with Crippen LogP contribution in [0.5, 0.6) is 0 Å². The number of nitrogens with two attached hydrogens (primary N) is 1. The van der Waals surface area contributed by atoms with E-state index >= 15 is 0 Å². The molecule has 0 aliphatic heterocycles. The van der Waals surface area contributed by atoms with Crippen LogP contribution in [-0.4, -0.2) is 23.5 Å². The molecule has 3 N–H and O–H groups in total. The number of unbranched alkanes of at least 4 members (excludes halogenated alkanes) is 1. The lowest BCUT2D eigenvalue weighted by atomic mass is 10.2. The molecule has 1 atom stereocenters. The number of aryl methyl sites for hydroxylation is 2. The Kier molecular flexibility index (Phi) is 8.12. The fourth-order valence-electron chi connectivity index (χ4n) is 1.29. The van der Waals surface area contributed by atoms with Crippen molar-refractivity contribution in [3.63, 3.8) is 0 Å². The van der Waals surface area contributed by atoms with E-state index < -0.39 is 6.04 Å². The van der Waals surface area contributed by atoms with Gasteiger partial charge in [-0.2, -0.15) is 0 Å². The number of rotatable bonds is 6. The van der Waals surface area contributed by atoms with Crippen LogP contribution in [0.2, 0.25) is 0 Å². The number of halogens is 1. The van der Waals surface area contributed by atoms with E-state index in [-0.39, 0.29) is 18.3 Å². The number of carbonyl (C=O) groups excluding carboxylic acids is 1. The fourth-order valence-corrected chi connectivity index (χ4v) is 2.11. The number of hydrogen-bond acceptors (Lipinski definition) is 4. The van der Waals surface area contributed by atoms with Crippen LogP contribution in [0, 0.1) is 6.92 Å². The molecule has 1 aromatic heterocycles. The molecule has 1 amide bonds. The quantitative estimate of drug-likeness (QED) is 0.777. The summed E-state index contributed by atoms with van der Waals surface area (Å²) in [5, 5.41) is 6.03. The Balaban J connectivity index is 0.00000256. The predicted octanol–water partition coefficient (Wildman–Crippen LogP) is 1.66.